The Bertz CT molecular complexity index is 751. The molecule has 6 atom stereocenters. The van der Waals surface area contributed by atoms with Crippen LogP contribution in [-0.2, 0) is 23.3 Å². The largest absolute Gasteiger partial charge is 0.391 e. The van der Waals surface area contributed by atoms with E-state index in [4.69, 9.17) is 18.7 Å². The second-order valence-corrected chi connectivity index (χ2v) is 7.75. The van der Waals surface area contributed by atoms with Crippen molar-refractivity contribution in [2.75, 3.05) is 20.3 Å². The molecule has 12 heteroatoms. The van der Waals surface area contributed by atoms with Crippen molar-refractivity contribution < 1.29 is 28.4 Å². The zero-order valence-electron chi connectivity index (χ0n) is 14.6. The second-order valence-electron chi connectivity index (χ2n) is 5.89. The average molecular weight is 410 g/mol. The fourth-order valence-corrected chi connectivity index (χ4v) is 3.61. The molecule has 2 N–H and O–H groups in total. The van der Waals surface area contributed by atoms with E-state index in [2.05, 4.69) is 17.2 Å². The normalized spacial score (nSPS) is 28.2. The molecule has 1 aliphatic rings. The summed E-state index contributed by atoms with van der Waals surface area (Å²) in [4.78, 5) is 26.0. The van der Waals surface area contributed by atoms with Gasteiger partial charge in [-0.15, -0.1) is 0 Å². The van der Waals surface area contributed by atoms with Gasteiger partial charge in [0.05, 0.1) is 19.3 Å². The van der Waals surface area contributed by atoms with Crippen LogP contribution >= 0.6 is 19.5 Å². The highest BCUT2D eigenvalue weighted by atomic mass is 32.7. The quantitative estimate of drug-likeness (QED) is 0.307. The average Bonchev–Trinajstić information content (AvgIpc) is 2.89. The monoisotopic (exact) mass is 410 g/mol. The van der Waals surface area contributed by atoms with Gasteiger partial charge in [0.15, 0.2) is 6.23 Å². The number of aromatic nitrogens is 2. The lowest BCUT2D eigenvalue weighted by atomic mass is 10.1. The number of aryl methyl sites for hydroxylation is 1. The number of ether oxygens (including phenoxy) is 3. The fraction of sp³-hybridized carbons (Fsp3) is 0.714. The van der Waals surface area contributed by atoms with Gasteiger partial charge in [-0.25, -0.2) is 4.79 Å². The molecule has 0 radical (unpaired) electrons. The molecule has 148 valence electrons. The summed E-state index contributed by atoms with van der Waals surface area (Å²) in [6.07, 6.45) is -3.38. The van der Waals surface area contributed by atoms with Crippen LogP contribution in [0.25, 0.3) is 0 Å². The van der Waals surface area contributed by atoms with Crippen LogP contribution in [0.5, 0.6) is 0 Å². The van der Waals surface area contributed by atoms with E-state index in [1.165, 1.54) is 27.2 Å². The first-order chi connectivity index (χ1) is 12.3. The highest BCUT2D eigenvalue weighted by Gasteiger charge is 2.50. The summed E-state index contributed by atoms with van der Waals surface area (Å²) < 4.78 is 34.5. The van der Waals surface area contributed by atoms with Crippen molar-refractivity contribution in [1.82, 2.24) is 9.55 Å². The second kappa shape index (κ2) is 9.32. The van der Waals surface area contributed by atoms with Crippen LogP contribution in [0.4, 0.5) is 0 Å². The van der Waals surface area contributed by atoms with E-state index < -0.39 is 49.1 Å². The molecule has 1 saturated heterocycles. The van der Waals surface area contributed by atoms with Crippen LogP contribution < -0.4 is 11.2 Å². The minimum absolute atomic E-state index is 0.151. The van der Waals surface area contributed by atoms with Crippen LogP contribution in [0.1, 0.15) is 18.7 Å². The summed E-state index contributed by atoms with van der Waals surface area (Å²) in [6.45, 7) is 3.44. The molecular weight excluding hydrogens is 387 g/mol. The lowest BCUT2D eigenvalue weighted by Gasteiger charge is -2.25. The molecule has 1 aromatic rings. The van der Waals surface area contributed by atoms with Gasteiger partial charge in [0.2, 0.25) is 7.23 Å². The van der Waals surface area contributed by atoms with Crippen molar-refractivity contribution in [3.8, 4) is 0 Å². The summed E-state index contributed by atoms with van der Waals surface area (Å²) in [6, 6.07) is 0. The molecule has 0 saturated carbocycles. The van der Waals surface area contributed by atoms with Gasteiger partial charge in [-0.3, -0.25) is 18.9 Å². The predicted octanol–water partition coefficient (Wildman–Crippen LogP) is -0.140. The van der Waals surface area contributed by atoms with Gasteiger partial charge in [-0.1, -0.05) is 12.2 Å². The highest BCUT2D eigenvalue weighted by Crippen LogP contribution is 2.41. The summed E-state index contributed by atoms with van der Waals surface area (Å²) in [5, 5.41) is 10.0. The molecule has 26 heavy (non-hydrogen) atoms. The Morgan fingerprint density at radius 2 is 2.12 bits per heavy atom. The minimum atomic E-state index is -2.68. The Kier molecular flexibility index (Phi) is 7.65. The van der Waals surface area contributed by atoms with E-state index in [9.17, 15) is 19.3 Å². The number of hydrogen-bond donors (Lipinski definition) is 3. The Labute approximate surface area is 155 Å². The number of aliphatic hydroxyl groups is 1. The maximum atomic E-state index is 12.2. The first-order valence-electron chi connectivity index (χ1n) is 7.92. The summed E-state index contributed by atoms with van der Waals surface area (Å²) in [5.74, 6) is 0. The zero-order valence-corrected chi connectivity index (χ0v) is 16.5. The van der Waals surface area contributed by atoms with Crippen LogP contribution in [0.2, 0.25) is 0 Å². The third-order valence-electron chi connectivity index (χ3n) is 3.96. The molecule has 0 spiro atoms. The van der Waals surface area contributed by atoms with Crippen LogP contribution in [0.3, 0.4) is 0 Å². The smallest absolute Gasteiger partial charge is 0.330 e. The van der Waals surface area contributed by atoms with Gasteiger partial charge < -0.3 is 23.8 Å². The van der Waals surface area contributed by atoms with Gasteiger partial charge in [0, 0.05) is 18.9 Å². The van der Waals surface area contributed by atoms with Gasteiger partial charge in [0.1, 0.15) is 18.3 Å². The van der Waals surface area contributed by atoms with Crippen molar-refractivity contribution in [2.45, 2.75) is 44.5 Å². The number of hydrogen-bond acceptors (Lipinski definition) is 8. The van der Waals surface area contributed by atoms with Gasteiger partial charge in [-0.2, -0.15) is 0 Å². The Morgan fingerprint density at radius 3 is 2.69 bits per heavy atom. The molecule has 1 fully saturated rings. The maximum absolute atomic E-state index is 12.2. The Hall–Kier alpha value is -0.940. The molecule has 2 unspecified atom stereocenters. The zero-order chi connectivity index (χ0) is 19.4. The lowest BCUT2D eigenvalue weighted by molar-refractivity contribution is -0.0902. The minimum Gasteiger partial charge on any atom is -0.391 e. The Morgan fingerprint density at radius 1 is 1.42 bits per heavy atom. The molecule has 2 rings (SSSR count). The molecule has 0 bridgehead atoms. The highest BCUT2D eigenvalue weighted by molar-refractivity contribution is 8.39. The van der Waals surface area contributed by atoms with Gasteiger partial charge >= 0.3 is 5.69 Å². The number of thiol groups is 1. The maximum Gasteiger partial charge on any atom is 0.330 e. The predicted molar refractivity (Wildman–Crippen MR) is 96.1 cm³/mol. The number of methoxy groups -OCH3 is 1. The molecule has 10 nitrogen and oxygen atoms in total. The standard InChI is InChI=1S/C14H23N2O8PS/c1-7-6-16(14(19)15-12(7)18)13-11(22-5-4-21-3)10(24-25(20)26)9(23-13)8(2)17/h6,8-11,13,17,25H,4-5H2,1-3H3,(H,20,26)(H,15,18,19)/t8-,9-,10?,11+,13-/m1/s1. The number of H-pyrrole nitrogens is 1. The van der Waals surface area contributed by atoms with E-state index in [1.807, 2.05) is 0 Å². The number of nitrogens with zero attached hydrogens (tertiary/aromatic N) is 1. The van der Waals surface area contributed by atoms with Crippen LogP contribution in [-0.4, -0.2) is 59.4 Å². The van der Waals surface area contributed by atoms with Crippen molar-refractivity contribution in [2.24, 2.45) is 0 Å². The third-order valence-corrected chi connectivity index (χ3v) is 4.75. The van der Waals surface area contributed by atoms with E-state index in [1.54, 1.807) is 0 Å². The topological polar surface area (TPSA) is 129 Å². The molecule has 0 amide bonds. The van der Waals surface area contributed by atoms with Gasteiger partial charge in [-0.05, 0) is 13.8 Å². The van der Waals surface area contributed by atoms with E-state index in [0.717, 1.165) is 4.57 Å². The summed E-state index contributed by atoms with van der Waals surface area (Å²) in [7, 11) is -1.18. The lowest BCUT2D eigenvalue weighted by Crippen LogP contribution is -2.41. The van der Waals surface area contributed by atoms with Crippen LogP contribution in [0.15, 0.2) is 15.8 Å². The van der Waals surface area contributed by atoms with Crippen molar-refractivity contribution in [1.29, 1.82) is 0 Å². The van der Waals surface area contributed by atoms with Gasteiger partial charge in [0.25, 0.3) is 5.56 Å². The van der Waals surface area contributed by atoms with E-state index in [0.29, 0.717) is 5.56 Å². The van der Waals surface area contributed by atoms with E-state index in [-0.39, 0.29) is 13.2 Å². The SMILES string of the molecule is COCCO[C@H]1C(O[PH](=O)S)[C@@H]([C@@H](C)O)O[C@H]1n1cc(C)c(=O)[nH]c1=O. The molecular formula is C14H23N2O8PS. The number of aromatic amines is 1. The van der Waals surface area contributed by atoms with Crippen molar-refractivity contribution in [3.63, 3.8) is 0 Å². The number of nitrogens with one attached hydrogen (secondary N) is 1. The third kappa shape index (κ3) is 4.86. The summed E-state index contributed by atoms with van der Waals surface area (Å²) >= 11 is 3.79. The number of rotatable bonds is 8. The molecule has 0 aromatic carbocycles. The molecule has 0 aliphatic carbocycles. The molecule has 1 aliphatic heterocycles. The van der Waals surface area contributed by atoms with Crippen molar-refractivity contribution >= 4 is 19.5 Å². The fourth-order valence-electron chi connectivity index (χ4n) is 2.75. The summed E-state index contributed by atoms with van der Waals surface area (Å²) in [5.41, 5.74) is -0.916. The van der Waals surface area contributed by atoms with Crippen molar-refractivity contribution in [3.05, 3.63) is 32.6 Å². The van der Waals surface area contributed by atoms with E-state index >= 15 is 0 Å². The first kappa shape index (κ1) is 21.4. The first-order valence-corrected chi connectivity index (χ1v) is 10.5. The van der Waals surface area contributed by atoms with Crippen LogP contribution in [0, 0.1) is 6.92 Å². The molecule has 2 heterocycles. The Balaban J connectivity index is 2.44. The number of aliphatic hydroxyl groups excluding tert-OH is 1. The molecule has 1 aromatic heterocycles.